The molecule has 176 valence electrons. The second-order valence-corrected chi connectivity index (χ2v) is 12.4. The SMILES string of the molecule is CC(C)(C)[C@H]1CCc2c(sc(N=Cc3ccc(OCc4ccc(Cl)cc4Cl)c(Br)c3)c2C#N)C1. The summed E-state index contributed by atoms with van der Waals surface area (Å²) in [6, 6.07) is 13.6. The zero-order valence-electron chi connectivity index (χ0n) is 19.3. The Morgan fingerprint density at radius 1 is 1.24 bits per heavy atom. The fourth-order valence-electron chi connectivity index (χ4n) is 4.16. The van der Waals surface area contributed by atoms with Gasteiger partial charge in [-0.25, -0.2) is 4.99 Å². The summed E-state index contributed by atoms with van der Waals surface area (Å²) >= 11 is 17.4. The minimum atomic E-state index is 0.271. The number of thiophene rings is 1. The van der Waals surface area contributed by atoms with Gasteiger partial charge >= 0.3 is 0 Å². The second kappa shape index (κ2) is 10.4. The smallest absolute Gasteiger partial charge is 0.134 e. The number of fused-ring (bicyclic) bond motifs is 1. The first kappa shape index (κ1) is 25.3. The van der Waals surface area contributed by atoms with Gasteiger partial charge in [-0.2, -0.15) is 5.26 Å². The Balaban J connectivity index is 1.49. The highest BCUT2D eigenvalue weighted by molar-refractivity contribution is 9.10. The van der Waals surface area contributed by atoms with Gasteiger partial charge in [0.25, 0.3) is 0 Å². The number of nitriles is 1. The molecule has 1 heterocycles. The predicted octanol–water partition coefficient (Wildman–Crippen LogP) is 9.17. The third-order valence-corrected chi connectivity index (χ3v) is 8.64. The summed E-state index contributed by atoms with van der Waals surface area (Å²) in [5, 5.41) is 11.8. The second-order valence-electron chi connectivity index (χ2n) is 9.57. The summed E-state index contributed by atoms with van der Waals surface area (Å²) < 4.78 is 6.75. The van der Waals surface area contributed by atoms with Crippen molar-refractivity contribution in [1.29, 1.82) is 5.26 Å². The lowest BCUT2D eigenvalue weighted by Gasteiger charge is -2.33. The van der Waals surface area contributed by atoms with Crippen LogP contribution in [-0.2, 0) is 19.4 Å². The van der Waals surface area contributed by atoms with Crippen LogP contribution in [0.2, 0.25) is 10.0 Å². The molecule has 0 radical (unpaired) electrons. The Hall–Kier alpha value is -1.84. The van der Waals surface area contributed by atoms with E-state index in [1.54, 1.807) is 23.5 Å². The summed E-state index contributed by atoms with van der Waals surface area (Å²) in [4.78, 5) is 6.02. The van der Waals surface area contributed by atoms with E-state index in [4.69, 9.17) is 32.9 Å². The molecule has 1 aliphatic carbocycles. The Labute approximate surface area is 223 Å². The number of benzene rings is 2. The lowest BCUT2D eigenvalue weighted by Crippen LogP contribution is -2.26. The van der Waals surface area contributed by atoms with Gasteiger partial charge in [-0.1, -0.05) is 50.0 Å². The third-order valence-electron chi connectivity index (χ3n) is 6.27. The summed E-state index contributed by atoms with van der Waals surface area (Å²) in [6.07, 6.45) is 4.93. The fraction of sp³-hybridized carbons (Fsp3) is 0.333. The van der Waals surface area contributed by atoms with Crippen molar-refractivity contribution in [2.45, 2.75) is 46.6 Å². The quantitative estimate of drug-likeness (QED) is 0.285. The van der Waals surface area contributed by atoms with Crippen LogP contribution >= 0.6 is 50.5 Å². The van der Waals surface area contributed by atoms with Gasteiger partial charge in [0.1, 0.15) is 23.4 Å². The molecule has 0 saturated heterocycles. The molecule has 1 atom stereocenters. The maximum absolute atomic E-state index is 9.80. The van der Waals surface area contributed by atoms with Crippen LogP contribution in [0.3, 0.4) is 0 Å². The lowest BCUT2D eigenvalue weighted by molar-refractivity contribution is 0.218. The van der Waals surface area contributed by atoms with E-state index >= 15 is 0 Å². The number of ether oxygens (including phenoxy) is 1. The minimum Gasteiger partial charge on any atom is -0.488 e. The summed E-state index contributed by atoms with van der Waals surface area (Å²) in [7, 11) is 0. The molecule has 0 saturated carbocycles. The number of hydrogen-bond donors (Lipinski definition) is 0. The Bertz CT molecular complexity index is 1290. The molecule has 2 aromatic carbocycles. The van der Waals surface area contributed by atoms with Crippen LogP contribution in [0.5, 0.6) is 5.75 Å². The molecule has 4 rings (SSSR count). The van der Waals surface area contributed by atoms with E-state index in [1.165, 1.54) is 10.4 Å². The van der Waals surface area contributed by atoms with Gasteiger partial charge in [-0.05, 0) is 88.0 Å². The van der Waals surface area contributed by atoms with E-state index in [1.807, 2.05) is 30.5 Å². The molecule has 7 heteroatoms. The van der Waals surface area contributed by atoms with Gasteiger partial charge in [0.15, 0.2) is 0 Å². The van der Waals surface area contributed by atoms with E-state index in [0.717, 1.165) is 45.4 Å². The molecular formula is C27H25BrCl2N2OS. The van der Waals surface area contributed by atoms with E-state index in [9.17, 15) is 5.26 Å². The highest BCUT2D eigenvalue weighted by Crippen LogP contribution is 2.45. The van der Waals surface area contributed by atoms with Crippen LogP contribution in [-0.4, -0.2) is 6.21 Å². The monoisotopic (exact) mass is 574 g/mol. The van der Waals surface area contributed by atoms with Crippen LogP contribution in [0.25, 0.3) is 0 Å². The maximum atomic E-state index is 9.80. The zero-order chi connectivity index (χ0) is 24.5. The van der Waals surface area contributed by atoms with E-state index < -0.39 is 0 Å². The molecule has 3 aromatic rings. The van der Waals surface area contributed by atoms with Crippen molar-refractivity contribution in [1.82, 2.24) is 0 Å². The normalized spacial score (nSPS) is 15.9. The van der Waals surface area contributed by atoms with Gasteiger partial charge < -0.3 is 4.74 Å². The van der Waals surface area contributed by atoms with Crippen molar-refractivity contribution in [2.24, 2.45) is 16.3 Å². The topological polar surface area (TPSA) is 45.4 Å². The Kier molecular flexibility index (Phi) is 7.74. The van der Waals surface area contributed by atoms with Crippen LogP contribution < -0.4 is 4.74 Å². The molecule has 0 bridgehead atoms. The van der Waals surface area contributed by atoms with Gasteiger partial charge in [0.2, 0.25) is 0 Å². The molecule has 1 aromatic heterocycles. The van der Waals surface area contributed by atoms with Crippen molar-refractivity contribution in [2.75, 3.05) is 0 Å². The first-order valence-corrected chi connectivity index (χ1v) is 13.5. The highest BCUT2D eigenvalue weighted by atomic mass is 79.9. The minimum absolute atomic E-state index is 0.271. The maximum Gasteiger partial charge on any atom is 0.134 e. The number of halogens is 3. The summed E-state index contributed by atoms with van der Waals surface area (Å²) in [5.41, 5.74) is 4.00. The van der Waals surface area contributed by atoms with Crippen LogP contribution in [0.15, 0.2) is 45.9 Å². The van der Waals surface area contributed by atoms with Gasteiger partial charge in [-0.3, -0.25) is 0 Å². The first-order valence-electron chi connectivity index (χ1n) is 11.1. The van der Waals surface area contributed by atoms with E-state index in [0.29, 0.717) is 28.3 Å². The van der Waals surface area contributed by atoms with Crippen molar-refractivity contribution in [3.8, 4) is 11.8 Å². The molecule has 3 nitrogen and oxygen atoms in total. The molecular weight excluding hydrogens is 551 g/mol. The van der Waals surface area contributed by atoms with Crippen LogP contribution in [0.4, 0.5) is 5.00 Å². The molecule has 0 aliphatic heterocycles. The van der Waals surface area contributed by atoms with Crippen LogP contribution in [0.1, 0.15) is 54.3 Å². The molecule has 0 unspecified atom stereocenters. The van der Waals surface area contributed by atoms with Crippen molar-refractivity contribution in [3.63, 3.8) is 0 Å². The van der Waals surface area contributed by atoms with E-state index in [-0.39, 0.29) is 5.41 Å². The standard InChI is InChI=1S/C27H25BrCl2N2OS/c1-27(2,3)18-6-8-20-21(13-31)26(34-25(20)11-18)32-14-16-4-9-24(22(28)10-16)33-15-17-5-7-19(29)12-23(17)30/h4-5,7,9-10,12,14,18H,6,8,11,15H2,1-3H3/t18-/m0/s1. The molecule has 34 heavy (non-hydrogen) atoms. The molecule has 0 spiro atoms. The lowest BCUT2D eigenvalue weighted by atomic mass is 9.72. The van der Waals surface area contributed by atoms with Crippen molar-refractivity contribution in [3.05, 3.63) is 78.0 Å². The highest BCUT2D eigenvalue weighted by Gasteiger charge is 2.32. The molecule has 0 fully saturated rings. The Morgan fingerprint density at radius 3 is 2.71 bits per heavy atom. The van der Waals surface area contributed by atoms with Gasteiger partial charge in [-0.15, -0.1) is 11.3 Å². The van der Waals surface area contributed by atoms with Gasteiger partial charge in [0, 0.05) is 26.7 Å². The largest absolute Gasteiger partial charge is 0.488 e. The number of rotatable bonds is 5. The molecule has 1 aliphatic rings. The number of aliphatic imine (C=N–C) groups is 1. The van der Waals surface area contributed by atoms with Gasteiger partial charge in [0.05, 0.1) is 10.0 Å². The molecule has 0 N–H and O–H groups in total. The Morgan fingerprint density at radius 2 is 2.03 bits per heavy atom. The summed E-state index contributed by atoms with van der Waals surface area (Å²) in [5.74, 6) is 1.34. The first-order chi connectivity index (χ1) is 16.2. The number of hydrogen-bond acceptors (Lipinski definition) is 4. The van der Waals surface area contributed by atoms with Crippen molar-refractivity contribution < 1.29 is 4.74 Å². The average Bonchev–Trinajstić information content (AvgIpc) is 3.14. The van der Waals surface area contributed by atoms with Crippen molar-refractivity contribution >= 4 is 61.7 Å². The molecule has 0 amide bonds. The average molecular weight is 576 g/mol. The fourth-order valence-corrected chi connectivity index (χ4v) is 6.35. The number of nitrogens with zero attached hydrogens (tertiary/aromatic N) is 2. The summed E-state index contributed by atoms with van der Waals surface area (Å²) in [6.45, 7) is 7.24. The third kappa shape index (κ3) is 5.69. The van der Waals surface area contributed by atoms with Crippen LogP contribution in [0, 0.1) is 22.7 Å². The zero-order valence-corrected chi connectivity index (χ0v) is 23.2. The van der Waals surface area contributed by atoms with E-state index in [2.05, 4.69) is 42.8 Å². The predicted molar refractivity (Wildman–Crippen MR) is 146 cm³/mol.